The first-order valence-electron chi connectivity index (χ1n) is 13.9. The highest BCUT2D eigenvalue weighted by molar-refractivity contribution is 8.00. The summed E-state index contributed by atoms with van der Waals surface area (Å²) in [6.45, 7) is 14.9. The van der Waals surface area contributed by atoms with E-state index in [1.807, 2.05) is 25.1 Å². The molecule has 0 aliphatic rings. The van der Waals surface area contributed by atoms with Crippen LogP contribution >= 0.6 is 35.0 Å². The second kappa shape index (κ2) is 12.9. The molecule has 0 N–H and O–H groups in total. The fourth-order valence-corrected chi connectivity index (χ4v) is 6.38. The van der Waals surface area contributed by atoms with Crippen molar-refractivity contribution in [2.45, 2.75) is 83.5 Å². The molecule has 0 amide bonds. The van der Waals surface area contributed by atoms with Crippen molar-refractivity contribution in [1.82, 2.24) is 14.8 Å². The van der Waals surface area contributed by atoms with E-state index in [9.17, 15) is 4.79 Å². The molecule has 0 fully saturated rings. The first kappa shape index (κ1) is 30.4. The molecule has 0 saturated heterocycles. The second-order valence-electron chi connectivity index (χ2n) is 10.7. The Labute approximate surface area is 252 Å². The molecule has 4 rings (SSSR count). The van der Waals surface area contributed by atoms with Gasteiger partial charge < -0.3 is 0 Å². The van der Waals surface area contributed by atoms with Gasteiger partial charge in [-0.15, -0.1) is 10.2 Å². The number of hydrogen-bond donors (Lipinski definition) is 0. The third kappa shape index (κ3) is 6.17. The Hall–Kier alpha value is -2.60. The van der Waals surface area contributed by atoms with Crippen molar-refractivity contribution in [3.05, 3.63) is 92.5 Å². The molecule has 0 aliphatic carbocycles. The van der Waals surface area contributed by atoms with Crippen LogP contribution in [0.1, 0.15) is 92.9 Å². The minimum absolute atomic E-state index is 0.0872. The normalized spacial score (nSPS) is 12.4. The van der Waals surface area contributed by atoms with E-state index in [1.165, 1.54) is 28.5 Å². The Balaban J connectivity index is 1.84. The molecule has 1 aromatic heterocycles. The molecule has 210 valence electrons. The van der Waals surface area contributed by atoms with Gasteiger partial charge in [0.05, 0.1) is 16.0 Å². The van der Waals surface area contributed by atoms with Crippen LogP contribution in [0.4, 0.5) is 0 Å². The van der Waals surface area contributed by atoms with Gasteiger partial charge in [0.1, 0.15) is 0 Å². The van der Waals surface area contributed by atoms with Crippen LogP contribution < -0.4 is 0 Å². The number of benzene rings is 3. The number of hydrogen-bond acceptors (Lipinski definition) is 4. The van der Waals surface area contributed by atoms with E-state index in [0.29, 0.717) is 26.9 Å². The van der Waals surface area contributed by atoms with Crippen molar-refractivity contribution in [1.29, 1.82) is 0 Å². The molecule has 1 atom stereocenters. The number of nitrogens with zero attached hydrogens (tertiary/aromatic N) is 3. The van der Waals surface area contributed by atoms with Crippen molar-refractivity contribution < 1.29 is 4.79 Å². The SMILES string of the molecule is CCc1cccc(CC)c1-n1c(S[C@@H](C)C(=O)c2ccc(C(C)C)cc2C(C)C)nnc1-c1ccc(Cl)cc1Cl. The highest BCUT2D eigenvalue weighted by atomic mass is 35.5. The topological polar surface area (TPSA) is 47.8 Å². The smallest absolute Gasteiger partial charge is 0.196 e. The van der Waals surface area contributed by atoms with E-state index < -0.39 is 0 Å². The Morgan fingerprint density at radius 2 is 1.55 bits per heavy atom. The number of thioether (sulfide) groups is 1. The summed E-state index contributed by atoms with van der Waals surface area (Å²) < 4.78 is 2.08. The molecular formula is C33H37Cl2N3OS. The molecule has 1 heterocycles. The van der Waals surface area contributed by atoms with Gasteiger partial charge in [-0.25, -0.2) is 0 Å². The van der Waals surface area contributed by atoms with Crippen molar-refractivity contribution in [2.75, 3.05) is 0 Å². The third-order valence-electron chi connectivity index (χ3n) is 7.28. The maximum Gasteiger partial charge on any atom is 0.196 e. The summed E-state index contributed by atoms with van der Waals surface area (Å²) >= 11 is 14.3. The summed E-state index contributed by atoms with van der Waals surface area (Å²) in [6, 6.07) is 18.0. The van der Waals surface area contributed by atoms with Crippen molar-refractivity contribution in [3.8, 4) is 17.1 Å². The second-order valence-corrected chi connectivity index (χ2v) is 12.8. The number of rotatable bonds is 10. The van der Waals surface area contributed by atoms with Crippen LogP contribution in [0.5, 0.6) is 0 Å². The number of carbonyl (C=O) groups excluding carboxylic acids is 1. The fourth-order valence-electron chi connectivity index (χ4n) is 4.97. The predicted molar refractivity (Wildman–Crippen MR) is 170 cm³/mol. The summed E-state index contributed by atoms with van der Waals surface area (Å²) in [5, 5.41) is 10.6. The monoisotopic (exact) mass is 593 g/mol. The largest absolute Gasteiger partial charge is 0.293 e. The Kier molecular flexibility index (Phi) is 9.81. The molecule has 0 aliphatic heterocycles. The third-order valence-corrected chi connectivity index (χ3v) is 8.87. The molecule has 0 saturated carbocycles. The molecule has 0 unspecified atom stereocenters. The van der Waals surface area contributed by atoms with E-state index in [2.05, 4.69) is 86.6 Å². The van der Waals surface area contributed by atoms with E-state index in [4.69, 9.17) is 23.2 Å². The van der Waals surface area contributed by atoms with E-state index in [-0.39, 0.29) is 17.0 Å². The lowest BCUT2D eigenvalue weighted by atomic mass is 9.89. The zero-order valence-electron chi connectivity index (χ0n) is 24.3. The van der Waals surface area contributed by atoms with Gasteiger partial charge >= 0.3 is 0 Å². The summed E-state index contributed by atoms with van der Waals surface area (Å²) in [7, 11) is 0. The number of halogens is 2. The Morgan fingerprint density at radius 3 is 2.12 bits per heavy atom. The van der Waals surface area contributed by atoms with Crippen LogP contribution in [0, 0.1) is 0 Å². The number of Topliss-reactive ketones (excluding diaryl/α,β-unsaturated/α-hetero) is 1. The number of carbonyl (C=O) groups is 1. The first-order valence-corrected chi connectivity index (χ1v) is 15.6. The van der Waals surface area contributed by atoms with Crippen LogP contribution in [0.15, 0.2) is 59.8 Å². The number of aryl methyl sites for hydroxylation is 2. The molecule has 0 radical (unpaired) electrons. The molecule has 40 heavy (non-hydrogen) atoms. The van der Waals surface area contributed by atoms with Gasteiger partial charge in [-0.3, -0.25) is 9.36 Å². The van der Waals surface area contributed by atoms with Gasteiger partial charge in [-0.1, -0.05) is 113 Å². The number of aromatic nitrogens is 3. The average Bonchev–Trinajstić information content (AvgIpc) is 3.33. The lowest BCUT2D eigenvalue weighted by molar-refractivity contribution is 0.0992. The minimum atomic E-state index is -0.377. The lowest BCUT2D eigenvalue weighted by Gasteiger charge is -2.20. The summed E-state index contributed by atoms with van der Waals surface area (Å²) in [5.41, 5.74) is 7.25. The summed E-state index contributed by atoms with van der Waals surface area (Å²) in [4.78, 5) is 13.9. The highest BCUT2D eigenvalue weighted by Crippen LogP contribution is 2.38. The van der Waals surface area contributed by atoms with Gasteiger partial charge in [0.2, 0.25) is 0 Å². The zero-order chi connectivity index (χ0) is 29.1. The lowest BCUT2D eigenvalue weighted by Crippen LogP contribution is -2.18. The summed E-state index contributed by atoms with van der Waals surface area (Å²) in [6.07, 6.45) is 1.68. The van der Waals surface area contributed by atoms with Crippen LogP contribution in [-0.4, -0.2) is 25.8 Å². The molecule has 4 aromatic rings. The Morgan fingerprint density at radius 1 is 0.875 bits per heavy atom. The van der Waals surface area contributed by atoms with E-state index >= 15 is 0 Å². The van der Waals surface area contributed by atoms with Crippen LogP contribution in [0.2, 0.25) is 10.0 Å². The minimum Gasteiger partial charge on any atom is -0.293 e. The zero-order valence-corrected chi connectivity index (χ0v) is 26.6. The highest BCUT2D eigenvalue weighted by Gasteiger charge is 2.27. The van der Waals surface area contributed by atoms with Crippen LogP contribution in [0.25, 0.3) is 17.1 Å². The standard InChI is InChI=1S/C33H37Cl2N3OS/c1-8-22-11-10-12-23(9-2)30(22)38-32(27-16-14-25(34)18-29(27)35)36-37-33(38)40-21(7)31(39)26-15-13-24(19(3)4)17-28(26)20(5)6/h10-21H,8-9H2,1-7H3/t21-/m0/s1. The fraction of sp³-hybridized carbons (Fsp3) is 0.364. The number of ketones is 1. The van der Waals surface area contributed by atoms with Gasteiger partial charge in [0, 0.05) is 16.1 Å². The van der Waals surface area contributed by atoms with Gasteiger partial charge in [-0.2, -0.15) is 0 Å². The van der Waals surface area contributed by atoms with Gasteiger partial charge in [0.25, 0.3) is 0 Å². The van der Waals surface area contributed by atoms with Crippen LogP contribution in [-0.2, 0) is 12.8 Å². The molecular weight excluding hydrogens is 557 g/mol. The molecule has 0 bridgehead atoms. The van der Waals surface area contributed by atoms with E-state index in [1.54, 1.807) is 6.07 Å². The molecule has 4 nitrogen and oxygen atoms in total. The van der Waals surface area contributed by atoms with Crippen LogP contribution in [0.3, 0.4) is 0 Å². The molecule has 7 heteroatoms. The van der Waals surface area contributed by atoms with Crippen molar-refractivity contribution in [2.24, 2.45) is 0 Å². The van der Waals surface area contributed by atoms with Crippen molar-refractivity contribution >= 4 is 40.7 Å². The maximum atomic E-state index is 13.9. The number of para-hydroxylation sites is 1. The molecule has 0 spiro atoms. The molecule has 3 aromatic carbocycles. The quantitative estimate of drug-likeness (QED) is 0.135. The van der Waals surface area contributed by atoms with E-state index in [0.717, 1.165) is 35.2 Å². The van der Waals surface area contributed by atoms with Gasteiger partial charge in [0.15, 0.2) is 16.8 Å². The first-order chi connectivity index (χ1) is 19.1. The maximum absolute atomic E-state index is 13.9. The average molecular weight is 595 g/mol. The predicted octanol–water partition coefficient (Wildman–Crippen LogP) is 9.98. The Bertz CT molecular complexity index is 1500. The summed E-state index contributed by atoms with van der Waals surface area (Å²) in [5.74, 6) is 1.35. The van der Waals surface area contributed by atoms with Crippen molar-refractivity contribution in [3.63, 3.8) is 0 Å². The van der Waals surface area contributed by atoms with Gasteiger partial charge in [-0.05, 0) is 72.1 Å².